The van der Waals surface area contributed by atoms with Crippen molar-refractivity contribution in [3.05, 3.63) is 206 Å². The molecule has 0 unspecified atom stereocenters. The largest absolute Gasteiger partial charge is 0.265 e. The molecule has 89 heavy (non-hydrogen) atoms. The minimum Gasteiger partial charge on any atom is -0.265 e. The lowest BCUT2D eigenvalue weighted by Crippen LogP contribution is -1.82. The molecule has 0 saturated heterocycles. The second-order valence-corrected chi connectivity index (χ2v) is 22.2. The van der Waals surface area contributed by atoms with Crippen LogP contribution in [0.3, 0.4) is 0 Å². The molecule has 6 aromatic heterocycles. The van der Waals surface area contributed by atoms with Gasteiger partial charge in [-0.1, -0.05) is 314 Å². The summed E-state index contributed by atoms with van der Waals surface area (Å²) in [4.78, 5) is 31.0. The van der Waals surface area contributed by atoms with Gasteiger partial charge in [0.05, 0.1) is 26.3 Å². The third-order valence-corrected chi connectivity index (χ3v) is 7.71. The summed E-state index contributed by atoms with van der Waals surface area (Å²) >= 11 is 3.40. The zero-order chi connectivity index (χ0) is 71.3. The number of para-hydroxylation sites is 2. The van der Waals surface area contributed by atoms with E-state index in [0.29, 0.717) is 5.92 Å². The van der Waals surface area contributed by atoms with Gasteiger partial charge in [0.25, 0.3) is 0 Å². The maximum absolute atomic E-state index is 4.53. The molecule has 0 aliphatic carbocycles. The van der Waals surface area contributed by atoms with Gasteiger partial charge in [0, 0.05) is 78.7 Å². The number of nitrogens with zero attached hydrogens (tertiary/aromatic N) is 8. The van der Waals surface area contributed by atoms with E-state index in [0.717, 1.165) is 46.5 Å². The number of hydrogen-bond donors (Lipinski definition) is 0. The van der Waals surface area contributed by atoms with E-state index in [-0.39, 0.29) is 0 Å². The molecule has 6 heterocycles. The molecule has 0 radical (unpaired) electrons. The summed E-state index contributed by atoms with van der Waals surface area (Å²) in [6.45, 7) is 71.4. The Morgan fingerprint density at radius 1 is 0.281 bits per heavy atom. The highest BCUT2D eigenvalue weighted by Gasteiger charge is 2.05. The highest BCUT2D eigenvalue weighted by atomic mass is 32.1. The molecule has 0 fully saturated rings. The second-order valence-electron chi connectivity index (χ2n) is 20.4. The topological polar surface area (TPSA) is 103 Å². The molecule has 0 saturated carbocycles. The van der Waals surface area contributed by atoms with Crippen LogP contribution in [0.25, 0.3) is 21.1 Å². The van der Waals surface area contributed by atoms with Crippen molar-refractivity contribution in [2.24, 2.45) is 35.5 Å². The molecule has 0 atom stereocenters. The van der Waals surface area contributed by atoms with E-state index in [1.165, 1.54) is 21.4 Å². The molecule has 9 aromatic rings. The van der Waals surface area contributed by atoms with E-state index in [4.69, 9.17) is 0 Å². The molecule has 0 spiro atoms. The Bertz CT molecular complexity index is 1930. The highest BCUT2D eigenvalue weighted by molar-refractivity contribution is 7.18. The molecule has 510 valence electrons. The Morgan fingerprint density at radius 2 is 0.596 bits per heavy atom. The molecule has 10 heteroatoms. The first-order chi connectivity index (χ1) is 42.6. The number of hydrogen-bond acceptors (Lipinski definition) is 10. The van der Waals surface area contributed by atoms with Crippen LogP contribution in [0.2, 0.25) is 0 Å². The van der Waals surface area contributed by atoms with Crippen molar-refractivity contribution in [2.75, 3.05) is 0 Å². The van der Waals surface area contributed by atoms with Crippen molar-refractivity contribution in [3.63, 3.8) is 0 Å². The van der Waals surface area contributed by atoms with Crippen LogP contribution in [0, 0.1) is 35.5 Å². The molecule has 0 N–H and O–H groups in total. The average Bonchev–Trinajstić information content (AvgIpc) is 2.84. The minimum atomic E-state index is 0.544. The van der Waals surface area contributed by atoms with E-state index >= 15 is 0 Å². The number of thiazole rings is 2. The SMILES string of the molecule is CC.CC.CC.CC.CC.CC.CC.CC(C)C.CC(C)C.CC(C)C.CC(C)C.CC(C)C.CC(C)C.CC(C)c1nc2ccccc2s1.c1ccc2ncccc2c1.c1ccccc1.c1ccncc1.c1cnccn1.c1cncnc1.c1cscn1. The minimum absolute atomic E-state index is 0.544. The van der Waals surface area contributed by atoms with Gasteiger partial charge >= 0.3 is 0 Å². The summed E-state index contributed by atoms with van der Waals surface area (Å²) in [6.07, 6.45) is 18.5. The van der Waals surface area contributed by atoms with Crippen molar-refractivity contribution in [1.29, 1.82) is 0 Å². The molecule has 0 bridgehead atoms. The van der Waals surface area contributed by atoms with Crippen LogP contribution in [0.15, 0.2) is 201 Å². The van der Waals surface area contributed by atoms with Crippen LogP contribution in [-0.4, -0.2) is 39.9 Å². The van der Waals surface area contributed by atoms with Crippen LogP contribution in [-0.2, 0) is 0 Å². The first-order valence-electron chi connectivity index (χ1n) is 33.4. The van der Waals surface area contributed by atoms with E-state index in [1.54, 1.807) is 90.0 Å². The van der Waals surface area contributed by atoms with E-state index in [2.05, 4.69) is 209 Å². The zero-order valence-corrected chi connectivity index (χ0v) is 65.6. The Hall–Kier alpha value is -6.10. The fraction of sp³-hybridized carbons (Fsp3) is 0.519. The monoisotopic (exact) mass is 1270 g/mol. The van der Waals surface area contributed by atoms with Crippen LogP contribution in [0.4, 0.5) is 0 Å². The smallest absolute Gasteiger partial charge is 0.115 e. The summed E-state index contributed by atoms with van der Waals surface area (Å²) < 4.78 is 1.29. The predicted molar refractivity (Wildman–Crippen MR) is 415 cm³/mol. The molecule has 9 rings (SSSR count). The lowest BCUT2D eigenvalue weighted by Gasteiger charge is -1.94. The lowest BCUT2D eigenvalue weighted by atomic mass is 10.2. The molecular weight excluding hydrogens is 1130 g/mol. The fourth-order valence-corrected chi connectivity index (χ4v) is 4.85. The van der Waals surface area contributed by atoms with Crippen LogP contribution in [0.1, 0.15) is 246 Å². The first kappa shape index (κ1) is 108. The first-order valence-corrected chi connectivity index (χ1v) is 35.1. The number of benzene rings is 3. The van der Waals surface area contributed by atoms with Crippen molar-refractivity contribution in [3.8, 4) is 0 Å². The Balaban J connectivity index is -0.0000000822. The molecule has 8 nitrogen and oxygen atoms in total. The maximum atomic E-state index is 4.53. The molecule has 3 aromatic carbocycles. The van der Waals surface area contributed by atoms with Crippen LogP contribution < -0.4 is 0 Å². The van der Waals surface area contributed by atoms with Gasteiger partial charge < -0.3 is 0 Å². The van der Waals surface area contributed by atoms with Crippen molar-refractivity contribution >= 4 is 43.8 Å². The predicted octanol–water partition coefficient (Wildman–Crippen LogP) is 27.7. The quantitative estimate of drug-likeness (QED) is 0.160. The van der Waals surface area contributed by atoms with E-state index in [9.17, 15) is 0 Å². The van der Waals surface area contributed by atoms with E-state index < -0.39 is 0 Å². The van der Waals surface area contributed by atoms with Gasteiger partial charge in [-0.15, -0.1) is 22.7 Å². The third kappa shape index (κ3) is 128. The van der Waals surface area contributed by atoms with Gasteiger partial charge in [0.15, 0.2) is 0 Å². The lowest BCUT2D eigenvalue weighted by molar-refractivity contribution is 0.736. The summed E-state index contributed by atoms with van der Waals surface area (Å²) in [6, 6.07) is 39.9. The van der Waals surface area contributed by atoms with Gasteiger partial charge in [0.2, 0.25) is 0 Å². The van der Waals surface area contributed by atoms with Gasteiger partial charge in [0.1, 0.15) is 6.33 Å². The summed E-state index contributed by atoms with van der Waals surface area (Å²) in [5, 5.41) is 4.36. The summed E-state index contributed by atoms with van der Waals surface area (Å²) in [5.74, 6) is 5.54. The van der Waals surface area contributed by atoms with E-state index in [1.807, 2.05) is 193 Å². The van der Waals surface area contributed by atoms with Gasteiger partial charge in [-0.25, -0.2) is 15.0 Å². The number of rotatable bonds is 1. The molecule has 0 aliphatic heterocycles. The summed E-state index contributed by atoms with van der Waals surface area (Å²) in [5.41, 5.74) is 3.98. The molecular formula is C79H142N8S2. The Labute approximate surface area is 562 Å². The Morgan fingerprint density at radius 3 is 0.831 bits per heavy atom. The number of pyridine rings is 2. The van der Waals surface area contributed by atoms with Crippen molar-refractivity contribution < 1.29 is 0 Å². The summed E-state index contributed by atoms with van der Waals surface area (Å²) in [7, 11) is 0. The van der Waals surface area contributed by atoms with Gasteiger partial charge in [-0.05, 0) is 78.0 Å². The maximum Gasteiger partial charge on any atom is 0.115 e. The standard InChI is InChI=1S/C10H11NS.C9H7N.C6H6.C5H5N.2C4H4N2.6C4H10.C3H3NS.7C2H6/c1-7(2)10-11-8-5-3-4-6-9(8)12-10;1-2-6-9-8(4-1)5-3-7-10-9;2*1-2-4-6-5-3-1;1-2-6-4-3-5-1;1-2-5-4-6-3-1;6*1-4(2)3;1-2-5-3-4-1;7*1-2/h3-7H,1-2H3;1-7H;1-6H;1-5H;2*1-4H;6*4H,1-3H3;1-3H;7*1-2H3. The molecule has 0 amide bonds. The number of fused-ring (bicyclic) bond motifs is 2. The van der Waals surface area contributed by atoms with Gasteiger partial charge in [-0.2, -0.15) is 0 Å². The average molecular weight is 1270 g/mol. The second kappa shape index (κ2) is 101. The van der Waals surface area contributed by atoms with Crippen LogP contribution in [0.5, 0.6) is 0 Å². The van der Waals surface area contributed by atoms with Crippen molar-refractivity contribution in [2.45, 2.75) is 241 Å². The Kier molecular flexibility index (Phi) is 122. The third-order valence-electron chi connectivity index (χ3n) is 5.85. The zero-order valence-electron chi connectivity index (χ0n) is 64.0. The van der Waals surface area contributed by atoms with Gasteiger partial charge in [-0.3, -0.25) is 24.9 Å². The van der Waals surface area contributed by atoms with Crippen LogP contribution >= 0.6 is 22.7 Å². The normalized spacial score (nSPS) is 8.15. The van der Waals surface area contributed by atoms with Crippen molar-refractivity contribution in [1.82, 2.24) is 39.9 Å². The number of aromatic nitrogens is 8. The molecule has 0 aliphatic rings. The fourth-order valence-electron chi connectivity index (χ4n) is 3.53. The highest BCUT2D eigenvalue weighted by Crippen LogP contribution is 2.26.